The third-order valence-corrected chi connectivity index (χ3v) is 5.06. The van der Waals surface area contributed by atoms with Crippen molar-refractivity contribution < 1.29 is 9.15 Å². The first kappa shape index (κ1) is 16.0. The monoisotopic (exact) mass is 307 g/mol. The summed E-state index contributed by atoms with van der Waals surface area (Å²) in [7, 11) is 2.19. The van der Waals surface area contributed by atoms with Crippen molar-refractivity contribution in [2.24, 2.45) is 5.92 Å². The molecule has 0 amide bonds. The van der Waals surface area contributed by atoms with Gasteiger partial charge in [-0.1, -0.05) is 6.92 Å². The molecule has 0 saturated carbocycles. The maximum absolute atomic E-state index is 5.73. The highest BCUT2D eigenvalue weighted by Gasteiger charge is 2.28. The van der Waals surface area contributed by atoms with Crippen LogP contribution >= 0.6 is 0 Å². The Morgan fingerprint density at radius 2 is 2.14 bits per heavy atom. The minimum absolute atomic E-state index is 0.622. The van der Waals surface area contributed by atoms with Crippen molar-refractivity contribution in [2.45, 2.75) is 45.2 Å². The minimum Gasteiger partial charge on any atom is -0.444 e. The lowest BCUT2D eigenvalue weighted by Crippen LogP contribution is -2.36. The number of ether oxygens (including phenoxy) is 1. The molecular weight excluding hydrogens is 278 g/mol. The molecule has 1 aromatic heterocycles. The molecule has 2 saturated heterocycles. The summed E-state index contributed by atoms with van der Waals surface area (Å²) < 4.78 is 11.2. The number of oxazole rings is 1. The van der Waals surface area contributed by atoms with Gasteiger partial charge in [0.1, 0.15) is 5.76 Å². The van der Waals surface area contributed by atoms with E-state index in [4.69, 9.17) is 9.15 Å². The summed E-state index contributed by atoms with van der Waals surface area (Å²) in [5.74, 6) is 2.66. The van der Waals surface area contributed by atoms with Crippen molar-refractivity contribution in [3.8, 4) is 0 Å². The summed E-state index contributed by atoms with van der Waals surface area (Å²) in [5.41, 5.74) is 0. The molecule has 2 fully saturated rings. The molecule has 1 aromatic rings. The molecule has 124 valence electrons. The van der Waals surface area contributed by atoms with E-state index in [1.807, 2.05) is 6.20 Å². The highest BCUT2D eigenvalue weighted by Crippen LogP contribution is 2.21. The lowest BCUT2D eigenvalue weighted by molar-refractivity contribution is 0.0545. The van der Waals surface area contributed by atoms with Crippen molar-refractivity contribution in [3.63, 3.8) is 0 Å². The highest BCUT2D eigenvalue weighted by atomic mass is 16.5. The van der Waals surface area contributed by atoms with Crippen LogP contribution in [0, 0.1) is 5.92 Å². The van der Waals surface area contributed by atoms with Gasteiger partial charge in [-0.2, -0.15) is 0 Å². The Hall–Kier alpha value is -0.910. The van der Waals surface area contributed by atoms with E-state index >= 15 is 0 Å². The molecular formula is C17H29N3O2. The third kappa shape index (κ3) is 4.09. The summed E-state index contributed by atoms with van der Waals surface area (Å²) in [6.45, 7) is 8.45. The van der Waals surface area contributed by atoms with E-state index in [0.717, 1.165) is 43.7 Å². The normalized spacial score (nSPS) is 24.4. The van der Waals surface area contributed by atoms with Crippen LogP contribution in [0.5, 0.6) is 0 Å². The van der Waals surface area contributed by atoms with E-state index in [-0.39, 0.29) is 0 Å². The SMILES string of the molecule is CCc1cnc(CN(C)[C@H]2CCN(CC3CCOCC3)C2)o1. The molecule has 1 atom stereocenters. The van der Waals surface area contributed by atoms with Crippen LogP contribution < -0.4 is 0 Å². The molecule has 0 radical (unpaired) electrons. The Bertz CT molecular complexity index is 457. The summed E-state index contributed by atoms with van der Waals surface area (Å²) in [6, 6.07) is 0.622. The predicted octanol–water partition coefficient (Wildman–Crippen LogP) is 2.17. The fraction of sp³-hybridized carbons (Fsp3) is 0.824. The minimum atomic E-state index is 0.622. The Kier molecular flexibility index (Phi) is 5.50. The number of nitrogens with zero attached hydrogens (tertiary/aromatic N) is 3. The van der Waals surface area contributed by atoms with E-state index in [2.05, 4.69) is 28.8 Å². The molecule has 0 unspecified atom stereocenters. The van der Waals surface area contributed by atoms with Gasteiger partial charge >= 0.3 is 0 Å². The second-order valence-electron chi connectivity index (χ2n) is 6.75. The largest absolute Gasteiger partial charge is 0.444 e. The number of aryl methyl sites for hydroxylation is 1. The van der Waals surface area contributed by atoms with Gasteiger partial charge in [0.2, 0.25) is 5.89 Å². The number of hydrogen-bond donors (Lipinski definition) is 0. The molecule has 0 aromatic carbocycles. The fourth-order valence-electron chi connectivity index (χ4n) is 3.56. The van der Waals surface area contributed by atoms with Gasteiger partial charge in [0.15, 0.2) is 0 Å². The molecule has 0 spiro atoms. The van der Waals surface area contributed by atoms with E-state index in [9.17, 15) is 0 Å². The Labute approximate surface area is 133 Å². The standard InChI is InChI=1S/C17H29N3O2/c1-3-16-10-18-17(22-16)13-19(2)15-4-7-20(12-15)11-14-5-8-21-9-6-14/h10,14-15H,3-9,11-13H2,1-2H3/t15-/m0/s1. The second-order valence-corrected chi connectivity index (χ2v) is 6.75. The van der Waals surface area contributed by atoms with Gasteiger partial charge in [-0.15, -0.1) is 0 Å². The average molecular weight is 307 g/mol. The van der Waals surface area contributed by atoms with Gasteiger partial charge in [0, 0.05) is 38.8 Å². The summed E-state index contributed by atoms with van der Waals surface area (Å²) >= 11 is 0. The van der Waals surface area contributed by atoms with E-state index in [0.29, 0.717) is 6.04 Å². The maximum atomic E-state index is 5.73. The number of rotatable bonds is 6. The van der Waals surface area contributed by atoms with Crippen LogP contribution in [0.25, 0.3) is 0 Å². The fourth-order valence-corrected chi connectivity index (χ4v) is 3.56. The Morgan fingerprint density at radius 3 is 2.86 bits per heavy atom. The van der Waals surface area contributed by atoms with E-state index < -0.39 is 0 Å². The lowest BCUT2D eigenvalue weighted by Gasteiger charge is -2.28. The molecule has 2 aliphatic heterocycles. The number of likely N-dealkylation sites (N-methyl/N-ethyl adjacent to an activating group) is 1. The van der Waals surface area contributed by atoms with E-state index in [1.165, 1.54) is 38.9 Å². The van der Waals surface area contributed by atoms with Crippen molar-refractivity contribution in [3.05, 3.63) is 17.8 Å². The molecule has 22 heavy (non-hydrogen) atoms. The molecule has 0 bridgehead atoms. The van der Waals surface area contributed by atoms with Gasteiger partial charge in [-0.3, -0.25) is 4.90 Å². The molecule has 5 nitrogen and oxygen atoms in total. The van der Waals surface area contributed by atoms with Crippen LogP contribution in [0.4, 0.5) is 0 Å². The maximum Gasteiger partial charge on any atom is 0.208 e. The Morgan fingerprint density at radius 1 is 1.32 bits per heavy atom. The van der Waals surface area contributed by atoms with Crippen LogP contribution in [0.3, 0.4) is 0 Å². The molecule has 2 aliphatic rings. The quantitative estimate of drug-likeness (QED) is 0.806. The van der Waals surface area contributed by atoms with Crippen molar-refractivity contribution in [1.82, 2.24) is 14.8 Å². The molecule has 5 heteroatoms. The third-order valence-electron chi connectivity index (χ3n) is 5.06. The van der Waals surface area contributed by atoms with Crippen LogP contribution in [0.15, 0.2) is 10.6 Å². The topological polar surface area (TPSA) is 41.7 Å². The molecule has 3 rings (SSSR count). The van der Waals surface area contributed by atoms with Gasteiger partial charge in [0.05, 0.1) is 12.7 Å². The first-order chi connectivity index (χ1) is 10.7. The summed E-state index contributed by atoms with van der Waals surface area (Å²) in [6.07, 6.45) is 6.48. The van der Waals surface area contributed by atoms with Crippen molar-refractivity contribution in [1.29, 1.82) is 0 Å². The first-order valence-corrected chi connectivity index (χ1v) is 8.68. The van der Waals surface area contributed by atoms with Crippen LogP contribution in [-0.4, -0.2) is 60.7 Å². The zero-order valence-electron chi connectivity index (χ0n) is 14.0. The average Bonchev–Trinajstić information content (AvgIpc) is 3.17. The van der Waals surface area contributed by atoms with Gasteiger partial charge in [-0.05, 0) is 38.8 Å². The smallest absolute Gasteiger partial charge is 0.208 e. The van der Waals surface area contributed by atoms with Crippen LogP contribution in [0.2, 0.25) is 0 Å². The predicted molar refractivity (Wildman–Crippen MR) is 85.7 cm³/mol. The number of aromatic nitrogens is 1. The van der Waals surface area contributed by atoms with Crippen molar-refractivity contribution in [2.75, 3.05) is 39.9 Å². The Balaban J connectivity index is 1.44. The lowest BCUT2D eigenvalue weighted by atomic mass is 10.00. The van der Waals surface area contributed by atoms with Gasteiger partial charge in [0.25, 0.3) is 0 Å². The molecule has 0 aliphatic carbocycles. The molecule has 0 N–H and O–H groups in total. The summed E-state index contributed by atoms with van der Waals surface area (Å²) in [4.78, 5) is 9.40. The van der Waals surface area contributed by atoms with Crippen LogP contribution in [0.1, 0.15) is 37.8 Å². The second kappa shape index (κ2) is 7.57. The number of hydrogen-bond acceptors (Lipinski definition) is 5. The molecule has 3 heterocycles. The zero-order chi connectivity index (χ0) is 15.4. The highest BCUT2D eigenvalue weighted by molar-refractivity contribution is 4.94. The van der Waals surface area contributed by atoms with Crippen LogP contribution in [-0.2, 0) is 17.7 Å². The van der Waals surface area contributed by atoms with E-state index in [1.54, 1.807) is 0 Å². The summed E-state index contributed by atoms with van der Waals surface area (Å²) in [5, 5.41) is 0. The zero-order valence-corrected chi connectivity index (χ0v) is 14.0. The number of likely N-dealkylation sites (tertiary alicyclic amines) is 1. The van der Waals surface area contributed by atoms with Gasteiger partial charge in [-0.25, -0.2) is 4.98 Å². The first-order valence-electron chi connectivity index (χ1n) is 8.68. The van der Waals surface area contributed by atoms with Crippen molar-refractivity contribution >= 4 is 0 Å². The van der Waals surface area contributed by atoms with Gasteiger partial charge < -0.3 is 14.1 Å².